The molecule has 3 unspecified atom stereocenters. The topological polar surface area (TPSA) is 0 Å². The summed E-state index contributed by atoms with van der Waals surface area (Å²) < 4.78 is 151. The van der Waals surface area contributed by atoms with Crippen LogP contribution in [0.5, 0.6) is 0 Å². The summed E-state index contributed by atoms with van der Waals surface area (Å²) in [5, 5.41) is -3.98. The molecule has 0 heterocycles. The first kappa shape index (κ1) is 21.1. The molecule has 0 aliphatic rings. The molecule has 0 radical (unpaired) electrons. The first-order chi connectivity index (χ1) is 8.85. The van der Waals surface area contributed by atoms with E-state index in [1.165, 1.54) is 15.9 Å². The lowest BCUT2D eigenvalue weighted by molar-refractivity contribution is -0.366. The minimum absolute atomic E-state index is 0.619. The lowest BCUT2D eigenvalue weighted by atomic mass is 9.90. The summed E-state index contributed by atoms with van der Waals surface area (Å²) in [6.45, 7) is 0. The van der Waals surface area contributed by atoms with Gasteiger partial charge in [0.05, 0.1) is 0 Å². The van der Waals surface area contributed by atoms with Crippen molar-refractivity contribution in [2.45, 2.75) is 39.8 Å². The van der Waals surface area contributed by atoms with Gasteiger partial charge in [0.15, 0.2) is 0 Å². The third-order valence-electron chi connectivity index (χ3n) is 2.19. The second kappa shape index (κ2) is 5.64. The van der Waals surface area contributed by atoms with E-state index in [2.05, 4.69) is 0 Å². The van der Waals surface area contributed by atoms with Gasteiger partial charge in [-0.25, -0.2) is 13.2 Å². The van der Waals surface area contributed by atoms with E-state index < -0.39 is 39.8 Å². The van der Waals surface area contributed by atoms with Crippen LogP contribution in [0.1, 0.15) is 0 Å². The smallest absolute Gasteiger partial charge is 0.234 e. The molecule has 0 bridgehead atoms. The number of halogens is 14. The van der Waals surface area contributed by atoms with Gasteiger partial charge in [-0.15, -0.1) is 0 Å². The first-order valence-electron chi connectivity index (χ1n) is 4.35. The summed E-state index contributed by atoms with van der Waals surface area (Å²) in [5.74, 6) is -13.0. The molecule has 0 saturated heterocycles. The van der Waals surface area contributed by atoms with Gasteiger partial charge in [-0.2, -0.15) is 39.5 Å². The quantitative estimate of drug-likeness (QED) is 0.363. The van der Waals surface area contributed by atoms with Gasteiger partial charge in [-0.3, -0.25) is 0 Å². The molecular weight excluding hydrogens is 472 g/mol. The lowest BCUT2D eigenvalue weighted by Crippen LogP contribution is -2.69. The van der Waals surface area contributed by atoms with Crippen LogP contribution in [0.15, 0.2) is 0 Å². The van der Waals surface area contributed by atoms with Crippen LogP contribution in [0.25, 0.3) is 0 Å². The normalized spacial score (nSPS) is 20.9. The minimum atomic E-state index is -7.16. The Hall–Kier alpha value is 0.120. The molecule has 0 N–H and O–H groups in total. The maximum absolute atomic E-state index is 13.2. The molecule has 14 heteroatoms. The molecule has 128 valence electrons. The average molecular weight is 474 g/mol. The highest BCUT2D eigenvalue weighted by Crippen LogP contribution is 2.59. The minimum Gasteiger partial charge on any atom is -0.234 e. The zero-order valence-electron chi connectivity index (χ0n) is 8.95. The third-order valence-corrected chi connectivity index (χ3v) is 3.34. The van der Waals surface area contributed by atoms with Crippen LogP contribution in [0, 0.1) is 0 Å². The Morgan fingerprint density at radius 3 is 1.24 bits per heavy atom. The van der Waals surface area contributed by atoms with Crippen molar-refractivity contribution in [3.63, 3.8) is 0 Å². The van der Waals surface area contributed by atoms with Crippen LogP contribution in [0.3, 0.4) is 0 Å². The fourth-order valence-corrected chi connectivity index (χ4v) is 1.79. The van der Waals surface area contributed by atoms with E-state index in [9.17, 15) is 52.7 Å². The fourth-order valence-electron chi connectivity index (χ4n) is 1.07. The second-order valence-electron chi connectivity index (χ2n) is 3.61. The van der Waals surface area contributed by atoms with Crippen LogP contribution in [-0.4, -0.2) is 39.8 Å². The second-order valence-corrected chi connectivity index (χ2v) is 5.41. The number of alkyl halides is 14. The van der Waals surface area contributed by atoms with Gasteiger partial charge in [0.25, 0.3) is 0 Å². The molecule has 0 amide bonds. The summed E-state index contributed by atoms with van der Waals surface area (Å²) in [5.41, 5.74) is -7.06. The van der Waals surface area contributed by atoms with Gasteiger partial charge in [0.1, 0.15) is 0 Å². The van der Waals surface area contributed by atoms with E-state index in [1.807, 2.05) is 0 Å². The highest BCUT2D eigenvalue weighted by molar-refractivity contribution is 9.10. The van der Waals surface area contributed by atoms with Crippen LogP contribution >= 0.6 is 31.9 Å². The van der Waals surface area contributed by atoms with Crippen LogP contribution in [0.4, 0.5) is 52.7 Å². The molecule has 21 heavy (non-hydrogen) atoms. The monoisotopic (exact) mass is 472 g/mol. The predicted molar refractivity (Wildman–Crippen MR) is 52.4 cm³/mol. The summed E-state index contributed by atoms with van der Waals surface area (Å²) in [6.07, 6.45) is -12.7. The summed E-state index contributed by atoms with van der Waals surface area (Å²) >= 11 is 1.88. The number of hydrogen-bond acceptors (Lipinski definition) is 0. The summed E-state index contributed by atoms with van der Waals surface area (Å²) in [4.78, 5) is -6.18. The van der Waals surface area contributed by atoms with Crippen LogP contribution < -0.4 is 0 Å². The molecule has 0 rings (SSSR count). The number of hydrogen-bond donors (Lipinski definition) is 0. The Kier molecular flexibility index (Phi) is 5.67. The van der Waals surface area contributed by atoms with Crippen molar-refractivity contribution in [3.05, 3.63) is 0 Å². The van der Waals surface area contributed by atoms with Crippen molar-refractivity contribution in [1.29, 1.82) is 0 Å². The van der Waals surface area contributed by atoms with E-state index in [0.717, 1.165) is 0 Å². The largest absolute Gasteiger partial charge is 0.435 e. The van der Waals surface area contributed by atoms with Crippen molar-refractivity contribution in [2.24, 2.45) is 0 Å². The molecule has 0 fully saturated rings. The van der Waals surface area contributed by atoms with Crippen molar-refractivity contribution in [1.82, 2.24) is 0 Å². The Morgan fingerprint density at radius 1 is 0.714 bits per heavy atom. The molecule has 0 aromatic rings. The predicted octanol–water partition coefficient (Wildman–Crippen LogP) is 5.54. The standard InChI is InChI=1S/C7H2Br2F12/c8-2(11)3(12,13)1(10)4(14,15)5(16,6(9,17)18)7(19,20)21/h1-2H. The molecule has 0 spiro atoms. The first-order valence-corrected chi connectivity index (χ1v) is 6.06. The zero-order chi connectivity index (χ0) is 17.7. The van der Waals surface area contributed by atoms with Crippen LogP contribution in [-0.2, 0) is 0 Å². The Balaban J connectivity index is 6.17. The zero-order valence-corrected chi connectivity index (χ0v) is 12.1. The molecule has 3 atom stereocenters. The van der Waals surface area contributed by atoms with E-state index >= 15 is 0 Å². The summed E-state index contributed by atoms with van der Waals surface area (Å²) in [7, 11) is 0. The summed E-state index contributed by atoms with van der Waals surface area (Å²) in [6, 6.07) is 0. The molecule has 0 aliphatic heterocycles. The van der Waals surface area contributed by atoms with Gasteiger partial charge in [0, 0.05) is 0 Å². The lowest BCUT2D eigenvalue weighted by Gasteiger charge is -2.40. The maximum atomic E-state index is 13.2. The maximum Gasteiger partial charge on any atom is 0.435 e. The van der Waals surface area contributed by atoms with Crippen molar-refractivity contribution >= 4 is 31.9 Å². The molecule has 0 saturated carbocycles. The van der Waals surface area contributed by atoms with E-state index in [4.69, 9.17) is 0 Å². The Labute approximate surface area is 125 Å². The van der Waals surface area contributed by atoms with Crippen molar-refractivity contribution in [2.75, 3.05) is 0 Å². The molecule has 0 nitrogen and oxygen atoms in total. The molecular formula is C7H2Br2F12. The van der Waals surface area contributed by atoms with E-state index in [1.54, 1.807) is 0 Å². The van der Waals surface area contributed by atoms with E-state index in [-0.39, 0.29) is 0 Å². The van der Waals surface area contributed by atoms with Gasteiger partial charge >= 0.3 is 28.5 Å². The van der Waals surface area contributed by atoms with E-state index in [0.29, 0.717) is 15.9 Å². The van der Waals surface area contributed by atoms with Crippen LogP contribution in [0.2, 0.25) is 0 Å². The molecule has 0 aliphatic carbocycles. The van der Waals surface area contributed by atoms with Gasteiger partial charge in [0.2, 0.25) is 11.3 Å². The SMILES string of the molecule is FC(Br)C(F)(F)C(F)C(F)(F)C(F)(C(F)(F)F)C(F)(F)Br. The van der Waals surface area contributed by atoms with Gasteiger partial charge in [-0.05, 0) is 31.9 Å². The third kappa shape index (κ3) is 3.24. The Morgan fingerprint density at radius 2 is 1.05 bits per heavy atom. The highest BCUT2D eigenvalue weighted by Gasteiger charge is 2.86. The van der Waals surface area contributed by atoms with Crippen molar-refractivity contribution < 1.29 is 52.7 Å². The average Bonchev–Trinajstić information content (AvgIpc) is 2.23. The Bertz CT molecular complexity index is 355. The molecule has 0 aromatic heterocycles. The van der Waals surface area contributed by atoms with Gasteiger partial charge in [-0.1, -0.05) is 0 Å². The highest BCUT2D eigenvalue weighted by atomic mass is 79.9. The van der Waals surface area contributed by atoms with Crippen molar-refractivity contribution in [3.8, 4) is 0 Å². The fraction of sp³-hybridized carbons (Fsp3) is 1.00. The number of rotatable bonds is 5. The van der Waals surface area contributed by atoms with Gasteiger partial charge < -0.3 is 0 Å². The molecule has 0 aromatic carbocycles.